The van der Waals surface area contributed by atoms with Gasteiger partial charge in [-0.25, -0.2) is 13.6 Å². The molecule has 0 saturated heterocycles. The van der Waals surface area contributed by atoms with E-state index >= 15 is 0 Å². The molecule has 0 bridgehead atoms. The Labute approximate surface area is 131 Å². The predicted octanol–water partition coefficient (Wildman–Crippen LogP) is 2.70. The van der Waals surface area contributed by atoms with Crippen LogP contribution in [-0.4, -0.2) is 23.0 Å². The highest BCUT2D eigenvalue weighted by molar-refractivity contribution is 5.96. The molecule has 1 amide bonds. The van der Waals surface area contributed by atoms with Crippen LogP contribution in [0.2, 0.25) is 0 Å². The van der Waals surface area contributed by atoms with Crippen LogP contribution in [0.1, 0.15) is 21.5 Å². The van der Waals surface area contributed by atoms with Gasteiger partial charge in [0.05, 0.1) is 0 Å². The van der Waals surface area contributed by atoms with Crippen molar-refractivity contribution < 1.29 is 23.5 Å². The molecule has 120 valence electrons. The van der Waals surface area contributed by atoms with Crippen LogP contribution in [0.3, 0.4) is 0 Å². The van der Waals surface area contributed by atoms with Crippen LogP contribution < -0.4 is 5.32 Å². The van der Waals surface area contributed by atoms with E-state index in [0.717, 1.165) is 29.3 Å². The zero-order valence-electron chi connectivity index (χ0n) is 12.3. The molecule has 2 rings (SSSR count). The quantitative estimate of drug-likeness (QED) is 0.890. The molecule has 2 N–H and O–H groups in total. The first kappa shape index (κ1) is 16.6. The SMILES string of the molecule is Cc1ccccc1C[C@@H](NC(=O)c1ccc(F)c(F)c1)C(=O)O. The van der Waals surface area contributed by atoms with Crippen molar-refractivity contribution in [2.75, 3.05) is 0 Å². The molecule has 0 saturated carbocycles. The van der Waals surface area contributed by atoms with E-state index in [2.05, 4.69) is 5.32 Å². The van der Waals surface area contributed by atoms with Gasteiger partial charge in [0.25, 0.3) is 5.91 Å². The first-order valence-electron chi connectivity index (χ1n) is 6.91. The van der Waals surface area contributed by atoms with E-state index in [0.29, 0.717) is 0 Å². The van der Waals surface area contributed by atoms with Crippen LogP contribution in [0.4, 0.5) is 8.78 Å². The minimum absolute atomic E-state index is 0.0947. The van der Waals surface area contributed by atoms with Gasteiger partial charge < -0.3 is 10.4 Å². The number of hydrogen-bond acceptors (Lipinski definition) is 2. The van der Waals surface area contributed by atoms with E-state index in [4.69, 9.17) is 0 Å². The summed E-state index contributed by atoms with van der Waals surface area (Å²) >= 11 is 0. The Morgan fingerprint density at radius 3 is 2.43 bits per heavy atom. The molecular formula is C17H15F2NO3. The van der Waals surface area contributed by atoms with E-state index in [9.17, 15) is 23.5 Å². The minimum atomic E-state index is -1.20. The summed E-state index contributed by atoms with van der Waals surface area (Å²) in [7, 11) is 0. The van der Waals surface area contributed by atoms with Crippen LogP contribution in [0, 0.1) is 18.6 Å². The molecule has 0 fully saturated rings. The molecule has 6 heteroatoms. The lowest BCUT2D eigenvalue weighted by molar-refractivity contribution is -0.139. The van der Waals surface area contributed by atoms with Crippen molar-refractivity contribution in [1.82, 2.24) is 5.32 Å². The van der Waals surface area contributed by atoms with Crippen molar-refractivity contribution in [3.8, 4) is 0 Å². The Morgan fingerprint density at radius 2 is 1.83 bits per heavy atom. The Balaban J connectivity index is 2.16. The zero-order chi connectivity index (χ0) is 17.0. The molecule has 23 heavy (non-hydrogen) atoms. The van der Waals surface area contributed by atoms with E-state index < -0.39 is 29.6 Å². The predicted molar refractivity (Wildman–Crippen MR) is 80.1 cm³/mol. The second-order valence-electron chi connectivity index (χ2n) is 5.12. The van der Waals surface area contributed by atoms with Crippen molar-refractivity contribution in [1.29, 1.82) is 0 Å². The highest BCUT2D eigenvalue weighted by Crippen LogP contribution is 2.12. The zero-order valence-corrected chi connectivity index (χ0v) is 12.3. The normalized spacial score (nSPS) is 11.8. The number of carbonyl (C=O) groups is 2. The number of carboxylic acid groups (broad SMARTS) is 1. The number of benzene rings is 2. The van der Waals surface area contributed by atoms with Gasteiger partial charge >= 0.3 is 5.97 Å². The first-order valence-corrected chi connectivity index (χ1v) is 6.91. The lowest BCUT2D eigenvalue weighted by Gasteiger charge is -2.16. The van der Waals surface area contributed by atoms with Crippen molar-refractivity contribution >= 4 is 11.9 Å². The third-order valence-corrected chi connectivity index (χ3v) is 3.47. The maximum atomic E-state index is 13.2. The third kappa shape index (κ3) is 4.12. The number of aliphatic carboxylic acids is 1. The summed E-state index contributed by atoms with van der Waals surface area (Å²) in [5, 5.41) is 11.6. The average molecular weight is 319 g/mol. The van der Waals surface area contributed by atoms with Gasteiger partial charge in [0.15, 0.2) is 11.6 Å². The van der Waals surface area contributed by atoms with Crippen LogP contribution in [0.25, 0.3) is 0 Å². The maximum absolute atomic E-state index is 13.2. The first-order chi connectivity index (χ1) is 10.9. The lowest BCUT2D eigenvalue weighted by atomic mass is 10.0. The Morgan fingerprint density at radius 1 is 1.13 bits per heavy atom. The average Bonchev–Trinajstić information content (AvgIpc) is 2.51. The highest BCUT2D eigenvalue weighted by Gasteiger charge is 2.22. The molecule has 2 aromatic carbocycles. The summed E-state index contributed by atoms with van der Waals surface area (Å²) in [5.74, 6) is -4.21. The maximum Gasteiger partial charge on any atom is 0.326 e. The number of amides is 1. The fourth-order valence-corrected chi connectivity index (χ4v) is 2.14. The number of carbonyl (C=O) groups excluding carboxylic acids is 1. The molecule has 2 aromatic rings. The van der Waals surface area contributed by atoms with Crippen molar-refractivity contribution in [3.05, 3.63) is 70.8 Å². The molecular weight excluding hydrogens is 304 g/mol. The van der Waals surface area contributed by atoms with Crippen LogP contribution in [0.15, 0.2) is 42.5 Å². The molecule has 0 spiro atoms. The molecule has 1 atom stereocenters. The number of rotatable bonds is 5. The monoisotopic (exact) mass is 319 g/mol. The number of aryl methyl sites for hydroxylation is 1. The lowest BCUT2D eigenvalue weighted by Crippen LogP contribution is -2.42. The van der Waals surface area contributed by atoms with Gasteiger partial charge in [-0.3, -0.25) is 4.79 Å². The molecule has 4 nitrogen and oxygen atoms in total. The summed E-state index contributed by atoms with van der Waals surface area (Å²) in [6.07, 6.45) is 0.0947. The third-order valence-electron chi connectivity index (χ3n) is 3.47. The standard InChI is InChI=1S/C17H15F2NO3/c1-10-4-2-3-5-11(10)9-15(17(22)23)20-16(21)12-6-7-13(18)14(19)8-12/h2-8,15H,9H2,1H3,(H,20,21)(H,22,23)/t15-/m1/s1. The second kappa shape index (κ2) is 7.00. The van der Waals surface area contributed by atoms with E-state index in [1.807, 2.05) is 19.1 Å². The number of hydrogen-bond donors (Lipinski definition) is 2. The Kier molecular flexibility index (Phi) is 5.05. The largest absolute Gasteiger partial charge is 0.480 e. The Bertz CT molecular complexity index is 746. The van der Waals surface area contributed by atoms with Gasteiger partial charge in [-0.15, -0.1) is 0 Å². The number of carboxylic acids is 1. The van der Waals surface area contributed by atoms with Gasteiger partial charge in [-0.05, 0) is 36.2 Å². The summed E-state index contributed by atoms with van der Waals surface area (Å²) in [4.78, 5) is 23.4. The summed E-state index contributed by atoms with van der Waals surface area (Å²) in [6, 6.07) is 8.70. The molecule has 0 radical (unpaired) electrons. The molecule has 0 heterocycles. The van der Waals surface area contributed by atoms with Crippen LogP contribution >= 0.6 is 0 Å². The van der Waals surface area contributed by atoms with Crippen LogP contribution in [-0.2, 0) is 11.2 Å². The van der Waals surface area contributed by atoms with E-state index in [-0.39, 0.29) is 12.0 Å². The van der Waals surface area contributed by atoms with Crippen LogP contribution in [0.5, 0.6) is 0 Å². The van der Waals surface area contributed by atoms with Gasteiger partial charge in [0, 0.05) is 12.0 Å². The van der Waals surface area contributed by atoms with Crippen molar-refractivity contribution in [2.24, 2.45) is 0 Å². The second-order valence-corrected chi connectivity index (χ2v) is 5.12. The van der Waals surface area contributed by atoms with E-state index in [1.54, 1.807) is 12.1 Å². The summed E-state index contributed by atoms with van der Waals surface area (Å²) in [6.45, 7) is 1.84. The molecule has 0 aliphatic carbocycles. The molecule has 0 aliphatic heterocycles. The number of halogens is 2. The topological polar surface area (TPSA) is 66.4 Å². The smallest absolute Gasteiger partial charge is 0.326 e. The van der Waals surface area contributed by atoms with Gasteiger partial charge in [-0.1, -0.05) is 24.3 Å². The van der Waals surface area contributed by atoms with Gasteiger partial charge in [0.1, 0.15) is 6.04 Å². The Hall–Kier alpha value is -2.76. The molecule has 0 aliphatic rings. The summed E-state index contributed by atoms with van der Waals surface area (Å²) in [5.41, 5.74) is 1.55. The van der Waals surface area contributed by atoms with Crippen molar-refractivity contribution in [2.45, 2.75) is 19.4 Å². The fraction of sp³-hybridized carbons (Fsp3) is 0.176. The molecule has 0 unspecified atom stereocenters. The van der Waals surface area contributed by atoms with Gasteiger partial charge in [-0.2, -0.15) is 0 Å². The van der Waals surface area contributed by atoms with E-state index in [1.165, 1.54) is 0 Å². The van der Waals surface area contributed by atoms with Crippen molar-refractivity contribution in [3.63, 3.8) is 0 Å². The minimum Gasteiger partial charge on any atom is -0.480 e. The fourth-order valence-electron chi connectivity index (χ4n) is 2.14. The number of nitrogens with one attached hydrogen (secondary N) is 1. The molecule has 0 aromatic heterocycles. The highest BCUT2D eigenvalue weighted by atomic mass is 19.2. The summed E-state index contributed by atoms with van der Waals surface area (Å²) < 4.78 is 26.0. The van der Waals surface area contributed by atoms with Gasteiger partial charge in [0.2, 0.25) is 0 Å².